The van der Waals surface area contributed by atoms with Crippen LogP contribution in [0.15, 0.2) is 18.1 Å². The first-order chi connectivity index (χ1) is 15.9. The molecule has 0 saturated carbocycles. The molecule has 2 atom stereocenters. The summed E-state index contributed by atoms with van der Waals surface area (Å²) in [5.41, 5.74) is 8.76. The van der Waals surface area contributed by atoms with Gasteiger partial charge >= 0.3 is 0 Å². The minimum Gasteiger partial charge on any atom is -0.491 e. The van der Waals surface area contributed by atoms with E-state index in [0.717, 1.165) is 34.4 Å². The number of rotatable bonds is 6. The van der Waals surface area contributed by atoms with Crippen LogP contribution in [0.4, 0.5) is 20.3 Å². The average Bonchev–Trinajstić information content (AvgIpc) is 3.33. The number of aromatic nitrogens is 2. The molecular weight excluding hydrogens is 440 g/mol. The molecule has 3 N–H and O–H groups in total. The van der Waals surface area contributed by atoms with Gasteiger partial charge in [0.05, 0.1) is 12.1 Å². The standard InChI is InChI=1S/C21H21F2N5O5/c1-31-21(19(24)30)25-12-6-14-17(11-3-2-10(11)12)20-26-15(7-27(20)4-5-32-14)28-13(18(22)23)9-33-16(28)8-29/h6-7,13,18,21,25H,2-5,9H2,1H3,(H2,24,30)/t13-,21-/m0/s1. The van der Waals surface area contributed by atoms with E-state index >= 15 is 0 Å². The van der Waals surface area contributed by atoms with Gasteiger partial charge < -0.3 is 29.8 Å². The molecule has 5 rings (SSSR count). The molecule has 0 radical (unpaired) electrons. The number of primary amides is 1. The SMILES string of the molecule is CO[C@H](Nc1cc2c(c3c1CC3)-c1nc(N3C(=C=O)OC[C@H]3C(F)F)cn1CCO2)C(N)=O. The summed E-state index contributed by atoms with van der Waals surface area (Å²) in [6.07, 6.45) is -0.609. The first-order valence-corrected chi connectivity index (χ1v) is 10.4. The fourth-order valence-corrected chi connectivity index (χ4v) is 4.40. The third kappa shape index (κ3) is 3.38. The molecule has 2 aromatic rings. The summed E-state index contributed by atoms with van der Waals surface area (Å²) >= 11 is 0. The fourth-order valence-electron chi connectivity index (χ4n) is 4.40. The highest BCUT2D eigenvalue weighted by atomic mass is 19.3. The molecular formula is C21H21F2N5O5. The maximum absolute atomic E-state index is 13.6. The molecule has 12 heteroatoms. The predicted molar refractivity (Wildman–Crippen MR) is 112 cm³/mol. The first kappa shape index (κ1) is 21.2. The zero-order chi connectivity index (χ0) is 23.3. The average molecular weight is 461 g/mol. The summed E-state index contributed by atoms with van der Waals surface area (Å²) in [5, 5.41) is 3.01. The second-order valence-electron chi connectivity index (χ2n) is 7.87. The second-order valence-corrected chi connectivity index (χ2v) is 7.87. The lowest BCUT2D eigenvalue weighted by molar-refractivity contribution is -0.126. The Balaban J connectivity index is 1.58. The molecule has 1 aromatic carbocycles. The third-order valence-corrected chi connectivity index (χ3v) is 6.06. The molecule has 3 aliphatic rings. The van der Waals surface area contributed by atoms with Crippen LogP contribution in [0.3, 0.4) is 0 Å². The van der Waals surface area contributed by atoms with Crippen molar-refractivity contribution < 1.29 is 32.6 Å². The van der Waals surface area contributed by atoms with E-state index in [1.807, 2.05) is 4.57 Å². The summed E-state index contributed by atoms with van der Waals surface area (Å²) in [6, 6.07) is 0.440. The van der Waals surface area contributed by atoms with E-state index < -0.39 is 24.6 Å². The van der Waals surface area contributed by atoms with Crippen molar-refractivity contribution in [2.75, 3.05) is 30.5 Å². The number of anilines is 2. The fraction of sp³-hybridized carbons (Fsp3) is 0.429. The Hall–Kier alpha value is -3.63. The number of ether oxygens (including phenoxy) is 3. The van der Waals surface area contributed by atoms with Gasteiger partial charge in [0, 0.05) is 25.1 Å². The van der Waals surface area contributed by atoms with Crippen molar-refractivity contribution in [1.29, 1.82) is 0 Å². The Morgan fingerprint density at radius 1 is 1.36 bits per heavy atom. The number of alkyl halides is 2. The van der Waals surface area contributed by atoms with Gasteiger partial charge in [-0.2, -0.15) is 0 Å². The summed E-state index contributed by atoms with van der Waals surface area (Å²) < 4.78 is 45.1. The Kier molecular flexibility index (Phi) is 5.18. The van der Waals surface area contributed by atoms with Crippen molar-refractivity contribution in [3.05, 3.63) is 29.3 Å². The minimum absolute atomic E-state index is 0.183. The van der Waals surface area contributed by atoms with Gasteiger partial charge in [-0.05, 0) is 24.0 Å². The highest BCUT2D eigenvalue weighted by Crippen LogP contribution is 2.46. The number of nitrogens with one attached hydrogen (secondary N) is 1. The number of halogens is 2. The molecule has 2 aliphatic heterocycles. The van der Waals surface area contributed by atoms with Crippen LogP contribution in [0.25, 0.3) is 11.4 Å². The van der Waals surface area contributed by atoms with E-state index in [-0.39, 0.29) is 18.3 Å². The number of benzene rings is 1. The van der Waals surface area contributed by atoms with E-state index in [2.05, 4.69) is 10.3 Å². The van der Waals surface area contributed by atoms with Gasteiger partial charge in [-0.3, -0.25) is 9.69 Å². The van der Waals surface area contributed by atoms with Crippen LogP contribution in [0.5, 0.6) is 5.75 Å². The summed E-state index contributed by atoms with van der Waals surface area (Å²) in [4.78, 5) is 28.6. The summed E-state index contributed by atoms with van der Waals surface area (Å²) in [6.45, 7) is 0.405. The van der Waals surface area contributed by atoms with Crippen LogP contribution in [-0.4, -0.2) is 60.4 Å². The zero-order valence-electron chi connectivity index (χ0n) is 17.6. The Bertz CT molecular complexity index is 1180. The molecule has 1 fully saturated rings. The van der Waals surface area contributed by atoms with Crippen LogP contribution in [0.2, 0.25) is 0 Å². The Morgan fingerprint density at radius 2 is 2.15 bits per heavy atom. The van der Waals surface area contributed by atoms with E-state index in [1.54, 1.807) is 18.2 Å². The lowest BCUT2D eigenvalue weighted by Gasteiger charge is -2.29. The number of nitrogens with two attached hydrogens (primary N) is 1. The molecule has 174 valence electrons. The van der Waals surface area contributed by atoms with Gasteiger partial charge in [-0.15, -0.1) is 0 Å². The van der Waals surface area contributed by atoms with Crippen LogP contribution in [0, 0.1) is 0 Å². The number of carbonyl (C=O) groups excluding carboxylic acids is 2. The largest absolute Gasteiger partial charge is 0.491 e. The maximum atomic E-state index is 13.6. The Labute approximate surface area is 186 Å². The highest BCUT2D eigenvalue weighted by molar-refractivity contribution is 5.85. The molecule has 33 heavy (non-hydrogen) atoms. The number of methoxy groups -OCH3 is 1. The van der Waals surface area contributed by atoms with Crippen molar-refractivity contribution in [2.24, 2.45) is 5.73 Å². The van der Waals surface area contributed by atoms with Crippen LogP contribution in [0.1, 0.15) is 11.1 Å². The molecule has 0 unspecified atom stereocenters. The molecule has 1 aliphatic carbocycles. The van der Waals surface area contributed by atoms with Crippen molar-refractivity contribution >= 4 is 23.4 Å². The van der Waals surface area contributed by atoms with Crippen LogP contribution >= 0.6 is 0 Å². The molecule has 0 spiro atoms. The quantitative estimate of drug-likeness (QED) is 0.484. The number of carbonyl (C=O) groups is 1. The van der Waals surface area contributed by atoms with Crippen molar-refractivity contribution in [3.63, 3.8) is 0 Å². The number of hydrogen-bond acceptors (Lipinski definition) is 8. The van der Waals surface area contributed by atoms with Crippen LogP contribution < -0.4 is 20.7 Å². The summed E-state index contributed by atoms with van der Waals surface area (Å²) in [7, 11) is 1.38. The second kappa shape index (κ2) is 8.05. The normalized spacial score (nSPS) is 19.3. The van der Waals surface area contributed by atoms with E-state index in [9.17, 15) is 18.4 Å². The molecule has 3 heterocycles. The van der Waals surface area contributed by atoms with Gasteiger partial charge in [0.15, 0.2) is 11.8 Å². The predicted octanol–water partition coefficient (Wildman–Crippen LogP) is 1.05. The molecule has 10 nitrogen and oxygen atoms in total. The van der Waals surface area contributed by atoms with Gasteiger partial charge in [0.2, 0.25) is 6.23 Å². The molecule has 1 saturated heterocycles. The Morgan fingerprint density at radius 3 is 2.79 bits per heavy atom. The van der Waals surface area contributed by atoms with Crippen molar-refractivity contribution in [1.82, 2.24) is 9.55 Å². The number of imidazole rings is 1. The third-order valence-electron chi connectivity index (χ3n) is 6.06. The highest BCUT2D eigenvalue weighted by Gasteiger charge is 2.41. The summed E-state index contributed by atoms with van der Waals surface area (Å²) in [5.74, 6) is 1.89. The number of fused-ring (bicyclic) bond motifs is 5. The molecule has 1 aromatic heterocycles. The first-order valence-electron chi connectivity index (χ1n) is 10.4. The zero-order valence-corrected chi connectivity index (χ0v) is 17.6. The van der Waals surface area contributed by atoms with Crippen molar-refractivity contribution in [2.45, 2.75) is 38.1 Å². The van der Waals surface area contributed by atoms with Crippen LogP contribution in [-0.2, 0) is 38.4 Å². The maximum Gasteiger partial charge on any atom is 0.284 e. The number of amides is 1. The van der Waals surface area contributed by atoms with Gasteiger partial charge in [-0.1, -0.05) is 0 Å². The van der Waals surface area contributed by atoms with E-state index in [4.69, 9.17) is 19.9 Å². The molecule has 1 amide bonds. The minimum atomic E-state index is -2.73. The topological polar surface area (TPSA) is 121 Å². The van der Waals surface area contributed by atoms with E-state index in [0.29, 0.717) is 30.4 Å². The van der Waals surface area contributed by atoms with Gasteiger partial charge in [-0.25, -0.2) is 18.6 Å². The number of hydrogen-bond donors (Lipinski definition) is 2. The number of nitrogens with zero attached hydrogens (tertiary/aromatic N) is 3. The van der Waals surface area contributed by atoms with Gasteiger partial charge in [0.25, 0.3) is 18.2 Å². The van der Waals surface area contributed by atoms with Crippen molar-refractivity contribution in [3.8, 4) is 17.1 Å². The molecule has 0 bridgehead atoms. The lowest BCUT2D eigenvalue weighted by Crippen LogP contribution is -2.37. The van der Waals surface area contributed by atoms with Gasteiger partial charge in [0.1, 0.15) is 30.8 Å². The smallest absolute Gasteiger partial charge is 0.284 e. The lowest BCUT2D eigenvalue weighted by atomic mass is 9.82. The monoisotopic (exact) mass is 461 g/mol. The van der Waals surface area contributed by atoms with E-state index in [1.165, 1.54) is 7.11 Å².